The minimum atomic E-state index is -0.431. The molecule has 1 aliphatic heterocycles. The molecule has 0 aliphatic carbocycles. The lowest BCUT2D eigenvalue weighted by atomic mass is 10.1. The third-order valence-electron chi connectivity index (χ3n) is 4.26. The first-order chi connectivity index (χ1) is 12.4. The number of aryl methyl sites for hydroxylation is 2. The van der Waals surface area contributed by atoms with Crippen LogP contribution < -0.4 is 10.9 Å². The lowest BCUT2D eigenvalue weighted by Gasteiger charge is -2.27. The van der Waals surface area contributed by atoms with Gasteiger partial charge < -0.3 is 19.9 Å². The van der Waals surface area contributed by atoms with Crippen LogP contribution in [0.2, 0.25) is 0 Å². The van der Waals surface area contributed by atoms with Crippen LogP contribution >= 0.6 is 0 Å². The summed E-state index contributed by atoms with van der Waals surface area (Å²) in [5, 5.41) is 2.73. The molecule has 0 bridgehead atoms. The van der Waals surface area contributed by atoms with Gasteiger partial charge >= 0.3 is 0 Å². The summed E-state index contributed by atoms with van der Waals surface area (Å²) in [6.45, 7) is 5.77. The van der Waals surface area contributed by atoms with Crippen molar-refractivity contribution in [2.24, 2.45) is 0 Å². The molecular weight excluding hydrogens is 334 g/mol. The number of carbonyl (C=O) groups is 2. The zero-order chi connectivity index (χ0) is 18.7. The monoisotopic (exact) mass is 355 g/mol. The molecule has 1 aromatic carbocycles. The maximum Gasteiger partial charge on any atom is 0.272 e. The van der Waals surface area contributed by atoms with Crippen molar-refractivity contribution in [3.8, 4) is 0 Å². The highest BCUT2D eigenvalue weighted by Crippen LogP contribution is 2.18. The van der Waals surface area contributed by atoms with Gasteiger partial charge in [-0.1, -0.05) is 6.07 Å². The van der Waals surface area contributed by atoms with Crippen LogP contribution in [0.3, 0.4) is 0 Å². The largest absolute Gasteiger partial charge is 0.378 e. The van der Waals surface area contributed by atoms with Gasteiger partial charge in [0.2, 0.25) is 5.56 Å². The summed E-state index contributed by atoms with van der Waals surface area (Å²) < 4.78 is 5.28. The first-order valence-electron chi connectivity index (χ1n) is 8.44. The van der Waals surface area contributed by atoms with Gasteiger partial charge in [-0.15, -0.1) is 0 Å². The normalized spacial score (nSPS) is 14.2. The number of rotatable bonds is 3. The van der Waals surface area contributed by atoms with Crippen LogP contribution in [-0.4, -0.2) is 48.0 Å². The van der Waals surface area contributed by atoms with Crippen LogP contribution in [0, 0.1) is 13.8 Å². The molecule has 136 valence electrons. The molecule has 7 heteroatoms. The summed E-state index contributed by atoms with van der Waals surface area (Å²) in [7, 11) is 0. The van der Waals surface area contributed by atoms with Crippen molar-refractivity contribution in [3.63, 3.8) is 0 Å². The Labute approximate surface area is 151 Å². The lowest BCUT2D eigenvalue weighted by molar-refractivity contribution is 0.0302. The molecule has 1 saturated heterocycles. The number of nitrogens with zero attached hydrogens (tertiary/aromatic N) is 1. The molecule has 1 fully saturated rings. The van der Waals surface area contributed by atoms with Crippen LogP contribution in [0.1, 0.15) is 32.0 Å². The fourth-order valence-electron chi connectivity index (χ4n) is 2.87. The summed E-state index contributed by atoms with van der Waals surface area (Å²) in [6, 6.07) is 8.21. The smallest absolute Gasteiger partial charge is 0.272 e. The Hall–Kier alpha value is -2.93. The van der Waals surface area contributed by atoms with E-state index < -0.39 is 5.91 Å². The number of carbonyl (C=O) groups excluding carboxylic acids is 2. The number of aromatic nitrogens is 1. The van der Waals surface area contributed by atoms with Crippen molar-refractivity contribution in [2.45, 2.75) is 13.8 Å². The van der Waals surface area contributed by atoms with Crippen molar-refractivity contribution in [3.05, 3.63) is 63.1 Å². The number of amides is 2. The predicted molar refractivity (Wildman–Crippen MR) is 97.7 cm³/mol. The van der Waals surface area contributed by atoms with Crippen molar-refractivity contribution >= 4 is 17.5 Å². The molecule has 0 saturated carbocycles. The molecule has 26 heavy (non-hydrogen) atoms. The highest BCUT2D eigenvalue weighted by atomic mass is 16.5. The third-order valence-corrected chi connectivity index (χ3v) is 4.26. The number of pyridine rings is 1. The third kappa shape index (κ3) is 4.00. The minimum absolute atomic E-state index is 0.0779. The van der Waals surface area contributed by atoms with Crippen LogP contribution in [0.15, 0.2) is 35.1 Å². The topological polar surface area (TPSA) is 91.5 Å². The van der Waals surface area contributed by atoms with E-state index in [2.05, 4.69) is 10.3 Å². The number of anilines is 1. The van der Waals surface area contributed by atoms with E-state index >= 15 is 0 Å². The molecule has 2 heterocycles. The van der Waals surface area contributed by atoms with Crippen molar-refractivity contribution < 1.29 is 14.3 Å². The SMILES string of the molecule is Cc1cc(C(=O)Nc2ccc(C)c(C(=O)N3CCOCC3)c2)[nH]c(=O)c1. The lowest BCUT2D eigenvalue weighted by Crippen LogP contribution is -2.41. The predicted octanol–water partition coefficient (Wildman–Crippen LogP) is 1.72. The van der Waals surface area contributed by atoms with Gasteiger partial charge in [0.1, 0.15) is 5.69 Å². The van der Waals surface area contributed by atoms with Crippen LogP contribution in [0.4, 0.5) is 5.69 Å². The fraction of sp³-hybridized carbons (Fsp3) is 0.316. The Balaban J connectivity index is 1.81. The number of aromatic amines is 1. The molecule has 2 N–H and O–H groups in total. The number of hydrogen-bond acceptors (Lipinski definition) is 4. The average molecular weight is 355 g/mol. The molecule has 0 radical (unpaired) electrons. The van der Waals surface area contributed by atoms with Gasteiger partial charge in [-0.2, -0.15) is 0 Å². The molecule has 2 amide bonds. The van der Waals surface area contributed by atoms with Crippen LogP contribution in [-0.2, 0) is 4.74 Å². The molecule has 7 nitrogen and oxygen atoms in total. The summed E-state index contributed by atoms with van der Waals surface area (Å²) in [6.07, 6.45) is 0. The van der Waals surface area contributed by atoms with E-state index in [1.165, 1.54) is 6.07 Å². The van der Waals surface area contributed by atoms with Crippen LogP contribution in [0.5, 0.6) is 0 Å². The second-order valence-electron chi connectivity index (χ2n) is 6.32. The molecule has 3 rings (SSSR count). The summed E-state index contributed by atoms with van der Waals surface area (Å²) >= 11 is 0. The Morgan fingerprint density at radius 3 is 2.54 bits per heavy atom. The highest BCUT2D eigenvalue weighted by Gasteiger charge is 2.20. The van der Waals surface area contributed by atoms with Crippen LogP contribution in [0.25, 0.3) is 0 Å². The fourth-order valence-corrected chi connectivity index (χ4v) is 2.87. The number of nitrogens with one attached hydrogen (secondary N) is 2. The number of morpholine rings is 1. The number of benzene rings is 1. The summed E-state index contributed by atoms with van der Waals surface area (Å²) in [5.74, 6) is -0.509. The Kier molecular flexibility index (Phi) is 5.18. The van der Waals surface area contributed by atoms with Gasteiger partial charge in [0.15, 0.2) is 0 Å². The molecule has 0 atom stereocenters. The maximum absolute atomic E-state index is 12.7. The Morgan fingerprint density at radius 1 is 1.12 bits per heavy atom. The van der Waals surface area contributed by atoms with Gasteiger partial charge in [-0.3, -0.25) is 14.4 Å². The molecule has 1 aliphatic rings. The molecule has 0 unspecified atom stereocenters. The van der Waals surface area contributed by atoms with E-state index in [4.69, 9.17) is 4.74 Å². The number of hydrogen-bond donors (Lipinski definition) is 2. The van der Waals surface area contributed by atoms with Crippen molar-refractivity contribution in [1.29, 1.82) is 0 Å². The van der Waals surface area contributed by atoms with Crippen molar-refractivity contribution in [2.75, 3.05) is 31.6 Å². The first-order valence-corrected chi connectivity index (χ1v) is 8.44. The summed E-state index contributed by atoms with van der Waals surface area (Å²) in [4.78, 5) is 40.9. The van der Waals surface area contributed by atoms with Gasteiger partial charge in [0, 0.05) is 30.4 Å². The molecule has 0 spiro atoms. The molecular formula is C19H21N3O4. The van der Waals surface area contributed by atoms with E-state index in [1.54, 1.807) is 36.1 Å². The zero-order valence-electron chi connectivity index (χ0n) is 14.8. The number of ether oxygens (including phenoxy) is 1. The minimum Gasteiger partial charge on any atom is -0.378 e. The Morgan fingerprint density at radius 2 is 1.85 bits per heavy atom. The van der Waals surface area contributed by atoms with E-state index in [9.17, 15) is 14.4 Å². The van der Waals surface area contributed by atoms with E-state index in [1.807, 2.05) is 6.92 Å². The van der Waals surface area contributed by atoms with Gasteiger partial charge in [-0.05, 0) is 43.2 Å². The quantitative estimate of drug-likeness (QED) is 0.877. The second-order valence-corrected chi connectivity index (χ2v) is 6.32. The zero-order valence-corrected chi connectivity index (χ0v) is 14.8. The van der Waals surface area contributed by atoms with E-state index in [-0.39, 0.29) is 17.2 Å². The highest BCUT2D eigenvalue weighted by molar-refractivity contribution is 6.04. The van der Waals surface area contributed by atoms with Gasteiger partial charge in [0.05, 0.1) is 13.2 Å². The van der Waals surface area contributed by atoms with Gasteiger partial charge in [0.25, 0.3) is 11.8 Å². The van der Waals surface area contributed by atoms with E-state index in [0.717, 1.165) is 5.56 Å². The summed E-state index contributed by atoms with van der Waals surface area (Å²) in [5.41, 5.74) is 2.43. The molecule has 1 aromatic heterocycles. The van der Waals surface area contributed by atoms with Crippen molar-refractivity contribution in [1.82, 2.24) is 9.88 Å². The molecule has 2 aromatic rings. The maximum atomic E-state index is 12.7. The van der Waals surface area contributed by atoms with Gasteiger partial charge in [-0.25, -0.2) is 0 Å². The second kappa shape index (κ2) is 7.53. The Bertz CT molecular complexity index is 898. The average Bonchev–Trinajstić information content (AvgIpc) is 2.62. The first kappa shape index (κ1) is 17.9. The number of H-pyrrole nitrogens is 1. The standard InChI is InChI=1S/C19H21N3O4/c1-12-9-16(21-17(23)10-12)18(24)20-14-4-3-13(2)15(11-14)19(25)22-5-7-26-8-6-22/h3-4,9-11H,5-8H2,1-2H3,(H,20,24)(H,21,23). The van der Waals surface area contributed by atoms with E-state index in [0.29, 0.717) is 43.1 Å².